The van der Waals surface area contributed by atoms with Gasteiger partial charge in [-0.2, -0.15) is 5.10 Å². The van der Waals surface area contributed by atoms with E-state index < -0.39 is 0 Å². The number of fused-ring (bicyclic) bond motifs is 1. The zero-order chi connectivity index (χ0) is 17.8. The highest BCUT2D eigenvalue weighted by Gasteiger charge is 2.27. The summed E-state index contributed by atoms with van der Waals surface area (Å²) in [6.45, 7) is 1.47. The summed E-state index contributed by atoms with van der Waals surface area (Å²) in [7, 11) is 3.53. The second-order valence-corrected chi connectivity index (χ2v) is 7.75. The van der Waals surface area contributed by atoms with Gasteiger partial charge in [0.1, 0.15) is 0 Å². The minimum Gasteiger partial charge on any atom is -0.356 e. The standard InChI is InChI=1S/C18H24N4O2S/c1-21(2)18(24)16-12-14-11-13(5-6-15(14)25-16)17(23)19-7-3-9-22-10-4-8-20-22/h4,8,10,12-13H,3,5-7,9,11H2,1-2H3,(H,19,23). The van der Waals surface area contributed by atoms with E-state index in [9.17, 15) is 9.59 Å². The molecular weight excluding hydrogens is 336 g/mol. The molecule has 3 rings (SSSR count). The molecule has 6 nitrogen and oxygen atoms in total. The molecule has 1 N–H and O–H groups in total. The highest BCUT2D eigenvalue weighted by molar-refractivity contribution is 7.14. The molecule has 25 heavy (non-hydrogen) atoms. The van der Waals surface area contributed by atoms with Crippen LogP contribution in [0.1, 0.15) is 33.0 Å². The Balaban J connectivity index is 1.49. The first-order chi connectivity index (χ1) is 12.0. The van der Waals surface area contributed by atoms with Gasteiger partial charge in [0.05, 0.1) is 4.88 Å². The average Bonchev–Trinajstić information content (AvgIpc) is 3.26. The van der Waals surface area contributed by atoms with Crippen molar-refractivity contribution in [1.29, 1.82) is 0 Å². The molecule has 7 heteroatoms. The first-order valence-electron chi connectivity index (χ1n) is 8.63. The summed E-state index contributed by atoms with van der Waals surface area (Å²) in [5.74, 6) is 0.172. The van der Waals surface area contributed by atoms with Gasteiger partial charge in [-0.15, -0.1) is 11.3 Å². The fraction of sp³-hybridized carbons (Fsp3) is 0.500. The van der Waals surface area contributed by atoms with Gasteiger partial charge in [-0.3, -0.25) is 14.3 Å². The molecule has 1 unspecified atom stereocenters. The van der Waals surface area contributed by atoms with Crippen LogP contribution >= 0.6 is 11.3 Å². The van der Waals surface area contributed by atoms with Crippen LogP contribution in [0.2, 0.25) is 0 Å². The van der Waals surface area contributed by atoms with Crippen LogP contribution in [0.3, 0.4) is 0 Å². The smallest absolute Gasteiger partial charge is 0.263 e. The van der Waals surface area contributed by atoms with Crippen LogP contribution < -0.4 is 5.32 Å². The van der Waals surface area contributed by atoms with E-state index in [0.29, 0.717) is 6.54 Å². The van der Waals surface area contributed by atoms with Crippen molar-refractivity contribution in [2.24, 2.45) is 5.92 Å². The van der Waals surface area contributed by atoms with Crippen LogP contribution in [-0.4, -0.2) is 47.1 Å². The maximum Gasteiger partial charge on any atom is 0.263 e. The molecule has 0 aromatic carbocycles. The molecule has 2 heterocycles. The first-order valence-corrected chi connectivity index (χ1v) is 9.44. The molecule has 0 fully saturated rings. The topological polar surface area (TPSA) is 67.2 Å². The van der Waals surface area contributed by atoms with Crippen molar-refractivity contribution in [3.63, 3.8) is 0 Å². The van der Waals surface area contributed by atoms with Crippen LogP contribution in [-0.2, 0) is 24.2 Å². The van der Waals surface area contributed by atoms with E-state index in [4.69, 9.17) is 0 Å². The van der Waals surface area contributed by atoms with Crippen molar-refractivity contribution in [1.82, 2.24) is 20.0 Å². The Labute approximate surface area is 151 Å². The fourth-order valence-corrected chi connectivity index (χ4v) is 4.33. The summed E-state index contributed by atoms with van der Waals surface area (Å²) >= 11 is 1.57. The number of carbonyl (C=O) groups is 2. The third-order valence-corrected chi connectivity index (χ3v) is 5.72. The van der Waals surface area contributed by atoms with Gasteiger partial charge in [0.15, 0.2) is 0 Å². The Morgan fingerprint density at radius 3 is 3.00 bits per heavy atom. The highest BCUT2D eigenvalue weighted by atomic mass is 32.1. The maximum atomic E-state index is 12.4. The predicted molar refractivity (Wildman–Crippen MR) is 97.7 cm³/mol. The molecule has 2 amide bonds. The van der Waals surface area contributed by atoms with E-state index in [0.717, 1.165) is 42.7 Å². The van der Waals surface area contributed by atoms with Crippen LogP contribution in [0, 0.1) is 5.92 Å². The lowest BCUT2D eigenvalue weighted by atomic mass is 9.87. The van der Waals surface area contributed by atoms with Crippen LogP contribution in [0.4, 0.5) is 0 Å². The molecule has 0 aliphatic heterocycles. The Kier molecular flexibility index (Phi) is 5.53. The number of hydrogen-bond donors (Lipinski definition) is 1. The van der Waals surface area contributed by atoms with Crippen molar-refractivity contribution in [2.75, 3.05) is 20.6 Å². The molecule has 2 aromatic rings. The van der Waals surface area contributed by atoms with E-state index in [1.54, 1.807) is 36.5 Å². The van der Waals surface area contributed by atoms with Crippen molar-refractivity contribution in [3.8, 4) is 0 Å². The molecule has 0 bridgehead atoms. The van der Waals surface area contributed by atoms with E-state index in [-0.39, 0.29) is 17.7 Å². The number of hydrogen-bond acceptors (Lipinski definition) is 4. The lowest BCUT2D eigenvalue weighted by molar-refractivity contribution is -0.125. The van der Waals surface area contributed by atoms with Crippen LogP contribution in [0.25, 0.3) is 0 Å². The summed E-state index contributed by atoms with van der Waals surface area (Å²) in [6, 6.07) is 3.87. The Hall–Kier alpha value is -2.15. The van der Waals surface area contributed by atoms with Gasteiger partial charge in [0.2, 0.25) is 5.91 Å². The largest absolute Gasteiger partial charge is 0.356 e. The Morgan fingerprint density at radius 2 is 2.28 bits per heavy atom. The number of aromatic nitrogens is 2. The number of aryl methyl sites for hydroxylation is 2. The number of rotatable bonds is 6. The highest BCUT2D eigenvalue weighted by Crippen LogP contribution is 2.32. The van der Waals surface area contributed by atoms with Gasteiger partial charge >= 0.3 is 0 Å². The van der Waals surface area contributed by atoms with Crippen molar-refractivity contribution < 1.29 is 9.59 Å². The first kappa shape index (κ1) is 17.7. The van der Waals surface area contributed by atoms with Gasteiger partial charge in [-0.25, -0.2) is 0 Å². The Bertz CT molecular complexity index is 736. The van der Waals surface area contributed by atoms with Gasteiger partial charge in [0, 0.05) is 50.4 Å². The summed E-state index contributed by atoms with van der Waals surface area (Å²) in [5.41, 5.74) is 1.16. The fourth-order valence-electron chi connectivity index (χ4n) is 3.10. The molecule has 1 aliphatic carbocycles. The van der Waals surface area contributed by atoms with E-state index in [2.05, 4.69) is 10.4 Å². The zero-order valence-electron chi connectivity index (χ0n) is 14.7. The molecule has 0 saturated carbocycles. The molecule has 134 valence electrons. The van der Waals surface area contributed by atoms with Crippen LogP contribution in [0.5, 0.6) is 0 Å². The number of amides is 2. The van der Waals surface area contributed by atoms with E-state index >= 15 is 0 Å². The Morgan fingerprint density at radius 1 is 1.44 bits per heavy atom. The van der Waals surface area contributed by atoms with Crippen molar-refractivity contribution in [2.45, 2.75) is 32.2 Å². The third kappa shape index (κ3) is 4.28. The molecule has 1 atom stereocenters. The minimum absolute atomic E-state index is 0.00844. The second kappa shape index (κ2) is 7.82. The van der Waals surface area contributed by atoms with Gasteiger partial charge in [-0.05, 0) is 43.4 Å². The summed E-state index contributed by atoms with van der Waals surface area (Å²) in [6.07, 6.45) is 7.02. The monoisotopic (exact) mass is 360 g/mol. The van der Waals surface area contributed by atoms with Gasteiger partial charge in [-0.1, -0.05) is 0 Å². The van der Waals surface area contributed by atoms with Gasteiger partial charge in [0.25, 0.3) is 5.91 Å². The average molecular weight is 360 g/mol. The van der Waals surface area contributed by atoms with E-state index in [1.165, 1.54) is 4.88 Å². The molecule has 0 radical (unpaired) electrons. The molecule has 0 saturated heterocycles. The SMILES string of the molecule is CN(C)C(=O)c1cc2c(s1)CCC(C(=O)NCCCn1cccn1)C2. The number of carbonyl (C=O) groups excluding carboxylic acids is 2. The zero-order valence-corrected chi connectivity index (χ0v) is 15.5. The lowest BCUT2D eigenvalue weighted by Crippen LogP contribution is -2.34. The van der Waals surface area contributed by atoms with Gasteiger partial charge < -0.3 is 10.2 Å². The van der Waals surface area contributed by atoms with Crippen molar-refractivity contribution in [3.05, 3.63) is 39.8 Å². The predicted octanol–water partition coefficient (Wildman–Crippen LogP) is 1.96. The molecule has 1 aliphatic rings. The number of nitrogens with zero attached hydrogens (tertiary/aromatic N) is 3. The van der Waals surface area contributed by atoms with Crippen LogP contribution in [0.15, 0.2) is 24.5 Å². The van der Waals surface area contributed by atoms with Crippen molar-refractivity contribution >= 4 is 23.2 Å². The molecule has 2 aromatic heterocycles. The second-order valence-electron chi connectivity index (χ2n) is 6.61. The third-order valence-electron chi connectivity index (χ3n) is 4.49. The molecular formula is C18H24N4O2S. The maximum absolute atomic E-state index is 12.4. The summed E-state index contributed by atoms with van der Waals surface area (Å²) in [4.78, 5) is 28.1. The normalized spacial score (nSPS) is 16.3. The number of thiophene rings is 1. The summed E-state index contributed by atoms with van der Waals surface area (Å²) < 4.78 is 1.87. The lowest BCUT2D eigenvalue weighted by Gasteiger charge is -2.21. The minimum atomic E-state index is 0.00844. The molecule has 0 spiro atoms. The summed E-state index contributed by atoms with van der Waals surface area (Å²) in [5, 5.41) is 7.19. The quantitative estimate of drug-likeness (QED) is 0.801. The number of nitrogens with one attached hydrogen (secondary N) is 1. The van der Waals surface area contributed by atoms with E-state index in [1.807, 2.05) is 23.0 Å².